The molecular formula is C30H21O2P. The number of benzene rings is 5. The van der Waals surface area contributed by atoms with Crippen molar-refractivity contribution in [1.82, 2.24) is 0 Å². The first-order chi connectivity index (χ1) is 16.4. The second-order valence-corrected chi connectivity index (χ2v) is 9.67. The molecule has 0 aliphatic heterocycles. The van der Waals surface area contributed by atoms with Crippen molar-refractivity contribution >= 4 is 40.7 Å². The van der Waals surface area contributed by atoms with E-state index in [0.717, 1.165) is 38.8 Å². The van der Waals surface area contributed by atoms with Gasteiger partial charge in [0.05, 0.1) is 0 Å². The molecule has 5 aromatic carbocycles. The molecule has 1 atom stereocenters. The Hall–Kier alpha value is -3.87. The van der Waals surface area contributed by atoms with Gasteiger partial charge in [-0.15, -0.1) is 0 Å². The second-order valence-electron chi connectivity index (χ2n) is 7.86. The van der Waals surface area contributed by atoms with Gasteiger partial charge in [-0.3, -0.25) is 0 Å². The van der Waals surface area contributed by atoms with Crippen LogP contribution in [0.3, 0.4) is 0 Å². The summed E-state index contributed by atoms with van der Waals surface area (Å²) in [4.78, 5) is 0. The molecule has 1 heterocycles. The molecule has 158 valence electrons. The maximum absolute atomic E-state index is 6.49. The van der Waals surface area contributed by atoms with Gasteiger partial charge in [-0.05, 0) is 23.8 Å². The smallest absolute Gasteiger partial charge is 0.150 e. The highest BCUT2D eigenvalue weighted by atomic mass is 31.1. The molecule has 0 N–H and O–H groups in total. The van der Waals surface area contributed by atoms with E-state index >= 15 is 0 Å². The Morgan fingerprint density at radius 1 is 0.515 bits per heavy atom. The molecule has 1 aromatic heterocycles. The molecule has 0 spiro atoms. The van der Waals surface area contributed by atoms with Crippen molar-refractivity contribution in [2.75, 3.05) is 0 Å². The molecular weight excluding hydrogens is 423 g/mol. The van der Waals surface area contributed by atoms with E-state index in [-0.39, 0.29) is 0 Å². The predicted molar refractivity (Wildman–Crippen MR) is 139 cm³/mol. The van der Waals surface area contributed by atoms with Crippen molar-refractivity contribution in [1.29, 1.82) is 0 Å². The number of para-hydroxylation sites is 3. The van der Waals surface area contributed by atoms with Crippen LogP contribution in [0.15, 0.2) is 132 Å². The van der Waals surface area contributed by atoms with Gasteiger partial charge in [0.15, 0.2) is 8.15 Å². The van der Waals surface area contributed by atoms with Crippen LogP contribution in [0, 0.1) is 0 Å². The summed E-state index contributed by atoms with van der Waals surface area (Å²) in [6, 6.07) is 43.7. The number of furan rings is 1. The lowest BCUT2D eigenvalue weighted by Gasteiger charge is -2.19. The fourth-order valence-corrected chi connectivity index (χ4v) is 5.86. The Morgan fingerprint density at radius 2 is 1.15 bits per heavy atom. The molecule has 6 aromatic rings. The lowest BCUT2D eigenvalue weighted by atomic mass is 10.0. The average molecular weight is 444 g/mol. The summed E-state index contributed by atoms with van der Waals surface area (Å²) in [5.74, 6) is 0.878. The van der Waals surface area contributed by atoms with Gasteiger partial charge >= 0.3 is 0 Å². The van der Waals surface area contributed by atoms with Gasteiger partial charge in [0.1, 0.15) is 16.9 Å². The van der Waals surface area contributed by atoms with Crippen LogP contribution >= 0.6 is 8.15 Å². The van der Waals surface area contributed by atoms with Gasteiger partial charge in [-0.1, -0.05) is 109 Å². The van der Waals surface area contributed by atoms with Crippen LogP contribution in [0.1, 0.15) is 0 Å². The summed E-state index contributed by atoms with van der Waals surface area (Å²) in [6.45, 7) is 0. The van der Waals surface area contributed by atoms with Crippen LogP contribution in [-0.2, 0) is 0 Å². The highest BCUT2D eigenvalue weighted by Gasteiger charge is 2.18. The highest BCUT2D eigenvalue weighted by molar-refractivity contribution is 7.68. The van der Waals surface area contributed by atoms with E-state index in [9.17, 15) is 0 Å². The standard InChI is InChI=1S/C30H21O2P/c1-3-10-23(11-4-1)32-33(24-12-5-2-6-13-24)25-20-18-22(19-21-25)26-15-9-16-28-27-14-7-8-17-29(27)31-30(26)28/h1-21H. The first-order valence-corrected chi connectivity index (χ1v) is 12.2. The largest absolute Gasteiger partial charge is 0.464 e. The molecule has 0 radical (unpaired) electrons. The van der Waals surface area contributed by atoms with Crippen molar-refractivity contribution in [2.24, 2.45) is 0 Å². The fourth-order valence-electron chi connectivity index (χ4n) is 4.16. The third-order valence-electron chi connectivity index (χ3n) is 5.75. The lowest BCUT2D eigenvalue weighted by molar-refractivity contribution is 0.630. The third-order valence-corrected chi connectivity index (χ3v) is 7.68. The number of fused-ring (bicyclic) bond motifs is 3. The van der Waals surface area contributed by atoms with Crippen molar-refractivity contribution in [2.45, 2.75) is 0 Å². The van der Waals surface area contributed by atoms with Crippen LogP contribution in [0.25, 0.3) is 33.1 Å². The van der Waals surface area contributed by atoms with Gasteiger partial charge in [0.25, 0.3) is 0 Å². The predicted octanol–water partition coefficient (Wildman–Crippen LogP) is 7.68. The monoisotopic (exact) mass is 444 g/mol. The molecule has 1 unspecified atom stereocenters. The van der Waals surface area contributed by atoms with Crippen molar-refractivity contribution in [3.8, 4) is 16.9 Å². The molecule has 3 heteroatoms. The van der Waals surface area contributed by atoms with E-state index in [2.05, 4.69) is 78.9 Å². The Bertz CT molecular complexity index is 1520. The van der Waals surface area contributed by atoms with E-state index in [1.165, 1.54) is 10.6 Å². The molecule has 2 nitrogen and oxygen atoms in total. The molecule has 33 heavy (non-hydrogen) atoms. The summed E-state index contributed by atoms with van der Waals surface area (Å²) < 4.78 is 12.7. The molecule has 0 aliphatic rings. The Morgan fingerprint density at radius 3 is 1.94 bits per heavy atom. The number of rotatable bonds is 5. The van der Waals surface area contributed by atoms with Crippen LogP contribution in [-0.4, -0.2) is 0 Å². The molecule has 0 saturated heterocycles. The zero-order chi connectivity index (χ0) is 22.0. The zero-order valence-corrected chi connectivity index (χ0v) is 18.8. The van der Waals surface area contributed by atoms with E-state index < -0.39 is 8.15 Å². The molecule has 0 saturated carbocycles. The van der Waals surface area contributed by atoms with E-state index in [1.807, 2.05) is 48.5 Å². The maximum atomic E-state index is 6.49. The van der Waals surface area contributed by atoms with E-state index in [4.69, 9.17) is 8.94 Å². The minimum Gasteiger partial charge on any atom is -0.464 e. The first kappa shape index (κ1) is 19.8. The quantitative estimate of drug-likeness (QED) is 0.255. The molecule has 0 bridgehead atoms. The topological polar surface area (TPSA) is 22.4 Å². The van der Waals surface area contributed by atoms with Gasteiger partial charge in [0, 0.05) is 26.9 Å². The van der Waals surface area contributed by atoms with Crippen molar-refractivity contribution < 1.29 is 8.94 Å². The molecule has 6 rings (SSSR count). The molecule has 0 fully saturated rings. The number of hydrogen-bond acceptors (Lipinski definition) is 2. The lowest BCUT2D eigenvalue weighted by Crippen LogP contribution is -2.15. The maximum Gasteiger partial charge on any atom is 0.150 e. The Balaban J connectivity index is 1.40. The third kappa shape index (κ3) is 3.80. The SMILES string of the molecule is c1ccc(OP(c2ccccc2)c2ccc(-c3cccc4c3oc3ccccc34)cc2)cc1. The summed E-state index contributed by atoms with van der Waals surface area (Å²) in [7, 11) is -0.983. The van der Waals surface area contributed by atoms with Crippen molar-refractivity contribution in [3.63, 3.8) is 0 Å². The Kier molecular flexibility index (Phi) is 5.14. The van der Waals surface area contributed by atoms with Crippen LogP contribution < -0.4 is 15.1 Å². The van der Waals surface area contributed by atoms with Gasteiger partial charge in [0.2, 0.25) is 0 Å². The van der Waals surface area contributed by atoms with Crippen molar-refractivity contribution in [3.05, 3.63) is 127 Å². The summed E-state index contributed by atoms with van der Waals surface area (Å²) in [6.07, 6.45) is 0. The molecule has 0 amide bonds. The zero-order valence-electron chi connectivity index (χ0n) is 17.9. The minimum absolute atomic E-state index is 0.878. The Labute approximate surface area is 193 Å². The average Bonchev–Trinajstić information content (AvgIpc) is 3.28. The van der Waals surface area contributed by atoms with Gasteiger partial charge in [-0.25, -0.2) is 0 Å². The van der Waals surface area contributed by atoms with Gasteiger partial charge in [-0.2, -0.15) is 0 Å². The summed E-state index contributed by atoms with van der Waals surface area (Å²) >= 11 is 0. The second kappa shape index (κ2) is 8.58. The van der Waals surface area contributed by atoms with Crippen LogP contribution in [0.4, 0.5) is 0 Å². The summed E-state index contributed by atoms with van der Waals surface area (Å²) in [5, 5.41) is 4.64. The first-order valence-electron chi connectivity index (χ1n) is 11.0. The highest BCUT2D eigenvalue weighted by Crippen LogP contribution is 2.38. The van der Waals surface area contributed by atoms with Crippen LogP contribution in [0.2, 0.25) is 0 Å². The van der Waals surface area contributed by atoms with E-state index in [0.29, 0.717) is 0 Å². The fraction of sp³-hybridized carbons (Fsp3) is 0. The van der Waals surface area contributed by atoms with E-state index in [1.54, 1.807) is 0 Å². The normalized spacial score (nSPS) is 12.1. The van der Waals surface area contributed by atoms with Crippen LogP contribution in [0.5, 0.6) is 5.75 Å². The molecule has 0 aliphatic carbocycles. The number of hydrogen-bond donors (Lipinski definition) is 0. The van der Waals surface area contributed by atoms with Gasteiger partial charge < -0.3 is 8.94 Å². The summed E-state index contributed by atoms with van der Waals surface area (Å²) in [5.41, 5.74) is 4.08. The minimum atomic E-state index is -0.983.